The molecule has 0 radical (unpaired) electrons. The summed E-state index contributed by atoms with van der Waals surface area (Å²) in [6.45, 7) is 0.873. The number of nitrogens with zero attached hydrogens (tertiary/aromatic N) is 2. The Labute approximate surface area is 147 Å². The fraction of sp³-hybridized carbons (Fsp3) is 0.500. The highest BCUT2D eigenvalue weighted by Gasteiger charge is 2.10. The summed E-state index contributed by atoms with van der Waals surface area (Å²) in [6, 6.07) is 3.61. The van der Waals surface area contributed by atoms with Gasteiger partial charge in [0.1, 0.15) is 11.6 Å². The first-order valence-corrected chi connectivity index (χ1v) is 7.41. The fourth-order valence-electron chi connectivity index (χ4n) is 2.30. The molecule has 0 atom stereocenters. The van der Waals surface area contributed by atoms with Gasteiger partial charge in [-0.15, -0.1) is 17.0 Å². The van der Waals surface area contributed by atoms with Gasteiger partial charge in [0.25, 0.3) is 0 Å². The minimum Gasteiger partial charge on any atom is -0.496 e. The first-order chi connectivity index (χ1) is 10.8. The van der Waals surface area contributed by atoms with Crippen molar-refractivity contribution in [3.05, 3.63) is 17.7 Å². The van der Waals surface area contributed by atoms with Gasteiger partial charge in [0.15, 0.2) is 11.5 Å². The van der Waals surface area contributed by atoms with Gasteiger partial charge >= 0.3 is 0 Å². The normalized spacial score (nSPS) is 14.5. The van der Waals surface area contributed by atoms with E-state index in [4.69, 9.17) is 14.2 Å². The maximum atomic E-state index is 5.37. The Balaban J connectivity index is 0.00000264. The number of rotatable bonds is 5. The molecule has 1 N–H and O–H groups in total. The van der Waals surface area contributed by atoms with Crippen LogP contribution in [0.3, 0.4) is 0 Å². The number of halogens is 1. The number of hydrogen-bond acceptors (Lipinski definition) is 6. The molecule has 1 aromatic carbocycles. The lowest BCUT2D eigenvalue weighted by atomic mass is 10.2. The molecule has 1 aliphatic rings. The van der Waals surface area contributed by atoms with E-state index in [-0.39, 0.29) is 17.0 Å². The Morgan fingerprint density at radius 2 is 1.70 bits per heavy atom. The molecule has 23 heavy (non-hydrogen) atoms. The molecular formula is C16H24BrN3O3. The summed E-state index contributed by atoms with van der Waals surface area (Å²) in [5, 5.41) is 4.26. The summed E-state index contributed by atoms with van der Waals surface area (Å²) in [6.07, 6.45) is 6.18. The van der Waals surface area contributed by atoms with Gasteiger partial charge in [-0.2, -0.15) is 5.10 Å². The molecule has 1 aromatic rings. The van der Waals surface area contributed by atoms with Crippen LogP contribution in [0.2, 0.25) is 0 Å². The topological polar surface area (TPSA) is 64.4 Å². The third-order valence-corrected chi connectivity index (χ3v) is 3.51. The molecule has 6 nitrogen and oxygen atoms in total. The second-order valence-electron chi connectivity index (χ2n) is 4.96. The lowest BCUT2D eigenvalue weighted by Crippen LogP contribution is -2.17. The molecule has 0 spiro atoms. The molecule has 128 valence electrons. The van der Waals surface area contributed by atoms with Gasteiger partial charge in [0.05, 0.1) is 27.5 Å². The molecular weight excluding hydrogens is 362 g/mol. The zero-order valence-corrected chi connectivity index (χ0v) is 15.5. The van der Waals surface area contributed by atoms with E-state index in [1.54, 1.807) is 33.6 Å². The van der Waals surface area contributed by atoms with E-state index < -0.39 is 0 Å². The van der Waals surface area contributed by atoms with Crippen LogP contribution >= 0.6 is 17.0 Å². The van der Waals surface area contributed by atoms with E-state index in [9.17, 15) is 0 Å². The van der Waals surface area contributed by atoms with Crippen molar-refractivity contribution in [3.63, 3.8) is 0 Å². The van der Waals surface area contributed by atoms with Crippen LogP contribution in [-0.2, 0) is 0 Å². The largest absolute Gasteiger partial charge is 0.496 e. The van der Waals surface area contributed by atoms with E-state index in [1.165, 1.54) is 6.42 Å². The summed E-state index contributed by atoms with van der Waals surface area (Å²) in [7, 11) is 4.81. The van der Waals surface area contributed by atoms with Crippen molar-refractivity contribution >= 4 is 29.0 Å². The van der Waals surface area contributed by atoms with E-state index in [0.717, 1.165) is 37.2 Å². The maximum absolute atomic E-state index is 5.37. The van der Waals surface area contributed by atoms with Crippen LogP contribution < -0.4 is 19.6 Å². The molecule has 0 bridgehead atoms. The Kier molecular flexibility index (Phi) is 8.47. The SMILES string of the molecule is Br.COc1cc(OC)c(OC)cc1/C=N/NC1=NCCCCC1. The number of hydrogen-bond donors (Lipinski definition) is 1. The van der Waals surface area contributed by atoms with Crippen LogP contribution in [0.15, 0.2) is 22.2 Å². The van der Waals surface area contributed by atoms with Gasteiger partial charge in [0.2, 0.25) is 0 Å². The third-order valence-electron chi connectivity index (χ3n) is 3.51. The van der Waals surface area contributed by atoms with Gasteiger partial charge in [0, 0.05) is 24.6 Å². The number of amidine groups is 1. The number of methoxy groups -OCH3 is 3. The lowest BCUT2D eigenvalue weighted by molar-refractivity contribution is 0.349. The first-order valence-electron chi connectivity index (χ1n) is 7.41. The van der Waals surface area contributed by atoms with E-state index in [2.05, 4.69) is 15.5 Å². The number of hydrazone groups is 1. The summed E-state index contributed by atoms with van der Waals surface area (Å²) in [4.78, 5) is 4.47. The molecule has 0 aromatic heterocycles. The molecule has 0 saturated carbocycles. The second-order valence-corrected chi connectivity index (χ2v) is 4.96. The molecule has 0 saturated heterocycles. The highest BCUT2D eigenvalue weighted by atomic mass is 79.9. The predicted molar refractivity (Wildman–Crippen MR) is 97.9 cm³/mol. The van der Waals surface area contributed by atoms with Gasteiger partial charge in [-0.25, -0.2) is 0 Å². The summed E-state index contributed by atoms with van der Waals surface area (Å²) >= 11 is 0. The first kappa shape index (κ1) is 19.3. The van der Waals surface area contributed by atoms with Crippen molar-refractivity contribution in [2.45, 2.75) is 25.7 Å². The van der Waals surface area contributed by atoms with Gasteiger partial charge in [-0.3, -0.25) is 10.4 Å². The zero-order valence-electron chi connectivity index (χ0n) is 13.8. The molecule has 7 heteroatoms. The molecule has 0 aliphatic carbocycles. The van der Waals surface area contributed by atoms with Crippen LogP contribution in [0.4, 0.5) is 0 Å². The Morgan fingerprint density at radius 1 is 1.00 bits per heavy atom. The average Bonchev–Trinajstić information content (AvgIpc) is 2.83. The Hall–Kier alpha value is -1.76. The Morgan fingerprint density at radius 3 is 2.39 bits per heavy atom. The number of aliphatic imine (C=N–C) groups is 1. The number of benzene rings is 1. The van der Waals surface area contributed by atoms with Crippen molar-refractivity contribution in [2.75, 3.05) is 27.9 Å². The van der Waals surface area contributed by atoms with E-state index >= 15 is 0 Å². The van der Waals surface area contributed by atoms with Crippen molar-refractivity contribution in [3.8, 4) is 17.2 Å². The zero-order chi connectivity index (χ0) is 15.8. The minimum atomic E-state index is 0. The quantitative estimate of drug-likeness (QED) is 0.624. The van der Waals surface area contributed by atoms with Gasteiger partial charge in [-0.05, 0) is 18.9 Å². The molecule has 2 rings (SSSR count). The Bertz CT molecular complexity index is 562. The smallest absolute Gasteiger partial charge is 0.164 e. The number of ether oxygens (including phenoxy) is 3. The van der Waals surface area contributed by atoms with Crippen LogP contribution in [0.5, 0.6) is 17.2 Å². The molecule has 1 heterocycles. The monoisotopic (exact) mass is 385 g/mol. The van der Waals surface area contributed by atoms with Crippen LogP contribution in [-0.4, -0.2) is 39.9 Å². The van der Waals surface area contributed by atoms with Crippen LogP contribution in [0.1, 0.15) is 31.2 Å². The van der Waals surface area contributed by atoms with Crippen molar-refractivity contribution in [2.24, 2.45) is 10.1 Å². The minimum absolute atomic E-state index is 0. The molecule has 0 amide bonds. The highest BCUT2D eigenvalue weighted by molar-refractivity contribution is 8.93. The van der Waals surface area contributed by atoms with E-state index in [1.807, 2.05) is 6.07 Å². The average molecular weight is 386 g/mol. The van der Waals surface area contributed by atoms with Gasteiger partial charge in [-0.1, -0.05) is 6.42 Å². The highest BCUT2D eigenvalue weighted by Crippen LogP contribution is 2.33. The van der Waals surface area contributed by atoms with Crippen molar-refractivity contribution < 1.29 is 14.2 Å². The summed E-state index contributed by atoms with van der Waals surface area (Å²) in [5.41, 5.74) is 3.83. The van der Waals surface area contributed by atoms with Crippen molar-refractivity contribution in [1.82, 2.24) is 5.43 Å². The fourth-order valence-corrected chi connectivity index (χ4v) is 2.30. The van der Waals surface area contributed by atoms with Crippen LogP contribution in [0.25, 0.3) is 0 Å². The van der Waals surface area contributed by atoms with Gasteiger partial charge < -0.3 is 14.2 Å². The second kappa shape index (κ2) is 10.1. The molecule has 0 fully saturated rings. The molecule has 0 unspecified atom stereocenters. The standard InChI is InChI=1S/C16H23N3O3.BrH/c1-20-13-10-15(22-3)14(21-2)9-12(13)11-18-19-16-7-5-4-6-8-17-16;/h9-11H,4-8H2,1-3H3,(H,17,19);1H/b18-11+;. The van der Waals surface area contributed by atoms with Crippen molar-refractivity contribution in [1.29, 1.82) is 0 Å². The van der Waals surface area contributed by atoms with E-state index in [0.29, 0.717) is 17.2 Å². The summed E-state index contributed by atoms with van der Waals surface area (Å²) < 4.78 is 15.9. The number of nitrogens with one attached hydrogen (secondary N) is 1. The lowest BCUT2D eigenvalue weighted by Gasteiger charge is -2.11. The van der Waals surface area contributed by atoms with Crippen LogP contribution in [0, 0.1) is 0 Å². The predicted octanol–water partition coefficient (Wildman–Crippen LogP) is 3.19. The molecule has 1 aliphatic heterocycles. The third kappa shape index (κ3) is 5.42. The summed E-state index contributed by atoms with van der Waals surface area (Å²) in [5.74, 6) is 2.87. The maximum Gasteiger partial charge on any atom is 0.164 e.